The van der Waals surface area contributed by atoms with E-state index in [1.54, 1.807) is 32.5 Å². The minimum atomic E-state index is -0.653. The summed E-state index contributed by atoms with van der Waals surface area (Å²) in [5, 5.41) is 6.16. The number of ether oxygens (including phenoxy) is 1. The molecule has 3 rings (SSSR count). The van der Waals surface area contributed by atoms with E-state index >= 15 is 0 Å². The molecule has 1 heterocycles. The first kappa shape index (κ1) is 32.6. The van der Waals surface area contributed by atoms with Gasteiger partial charge in [-0.1, -0.05) is 43.2 Å². The first-order valence-corrected chi connectivity index (χ1v) is 17.1. The molecule has 1 saturated carbocycles. The summed E-state index contributed by atoms with van der Waals surface area (Å²) < 4.78 is 5.48. The van der Waals surface area contributed by atoms with Gasteiger partial charge in [-0.25, -0.2) is 4.79 Å². The summed E-state index contributed by atoms with van der Waals surface area (Å²) in [4.78, 5) is 42.9. The van der Waals surface area contributed by atoms with Crippen molar-refractivity contribution in [2.24, 2.45) is 5.92 Å². The van der Waals surface area contributed by atoms with Gasteiger partial charge >= 0.3 is 6.09 Å². The normalized spacial score (nSPS) is 17.8. The van der Waals surface area contributed by atoms with Crippen LogP contribution in [0.1, 0.15) is 64.9 Å². The molecule has 0 spiro atoms. The highest BCUT2D eigenvalue weighted by Gasteiger charge is 2.29. The van der Waals surface area contributed by atoms with Crippen molar-refractivity contribution < 1.29 is 19.1 Å². The molecule has 0 bridgehead atoms. The molecule has 1 saturated heterocycles. The molecule has 1 unspecified atom stereocenters. The van der Waals surface area contributed by atoms with Gasteiger partial charge in [-0.3, -0.25) is 19.4 Å². The fourth-order valence-corrected chi connectivity index (χ4v) is 6.93. The zero-order chi connectivity index (χ0) is 29.0. The monoisotopic (exact) mass is 592 g/mol. The zero-order valence-electron chi connectivity index (χ0n) is 24.7. The molecule has 2 fully saturated rings. The summed E-state index contributed by atoms with van der Waals surface area (Å²) in [6, 6.07) is 9.90. The zero-order valence-corrected chi connectivity index (χ0v) is 26.3. The number of likely N-dealkylation sites (tertiary alicyclic amines) is 1. The van der Waals surface area contributed by atoms with Gasteiger partial charge in [-0.05, 0) is 69.9 Å². The lowest BCUT2D eigenvalue weighted by molar-refractivity contribution is -0.129. The highest BCUT2D eigenvalue weighted by molar-refractivity contribution is 7.99. The van der Waals surface area contributed by atoms with Crippen molar-refractivity contribution in [2.75, 3.05) is 43.3 Å². The third kappa shape index (κ3) is 11.9. The predicted molar refractivity (Wildman–Crippen MR) is 165 cm³/mol. The summed E-state index contributed by atoms with van der Waals surface area (Å²) >= 11 is 3.18. The molecular weight excluding hydrogens is 544 g/mol. The second-order valence-electron chi connectivity index (χ2n) is 11.9. The number of thioether (sulfide) groups is 2. The molecule has 2 aliphatic rings. The lowest BCUT2D eigenvalue weighted by atomic mass is 10.0. The van der Waals surface area contributed by atoms with Gasteiger partial charge < -0.3 is 15.4 Å². The average molecular weight is 593 g/mol. The molecule has 10 heteroatoms. The number of nitrogens with zero attached hydrogens (tertiary/aromatic N) is 2. The highest BCUT2D eigenvalue weighted by atomic mass is 32.2. The summed E-state index contributed by atoms with van der Waals surface area (Å²) in [6.07, 6.45) is 8.17. The molecule has 0 aromatic heterocycles. The number of amides is 3. The van der Waals surface area contributed by atoms with Gasteiger partial charge in [0.25, 0.3) is 0 Å². The van der Waals surface area contributed by atoms with Crippen LogP contribution >= 0.6 is 23.5 Å². The van der Waals surface area contributed by atoms with E-state index in [2.05, 4.69) is 39.8 Å². The van der Waals surface area contributed by atoms with E-state index in [-0.39, 0.29) is 24.4 Å². The summed E-state index contributed by atoms with van der Waals surface area (Å²) in [5.41, 5.74) is 0.647. The van der Waals surface area contributed by atoms with Gasteiger partial charge in [0, 0.05) is 31.4 Å². The molecule has 1 aliphatic carbocycles. The third-order valence-electron chi connectivity index (χ3n) is 7.22. The number of nitrogens with one attached hydrogen (secondary N) is 2. The van der Waals surface area contributed by atoms with Crippen molar-refractivity contribution >= 4 is 41.4 Å². The summed E-state index contributed by atoms with van der Waals surface area (Å²) in [7, 11) is 0. The maximum absolute atomic E-state index is 13.4. The molecular formula is C30H48N4O4S2. The molecule has 1 atom stereocenters. The SMILES string of the molecule is CSCN(CC(=O)NC(CSCC1CCCC1)C(=O)NC1CCN(Cc2ccccc2)CC1)C(=O)OC(C)(C)C. The maximum atomic E-state index is 13.4. The number of hydrogen-bond donors (Lipinski definition) is 2. The van der Waals surface area contributed by atoms with Crippen LogP contribution in [0.5, 0.6) is 0 Å². The lowest BCUT2D eigenvalue weighted by Crippen LogP contribution is -2.54. The second kappa shape index (κ2) is 16.5. The van der Waals surface area contributed by atoms with E-state index in [4.69, 9.17) is 4.74 Å². The predicted octanol–water partition coefficient (Wildman–Crippen LogP) is 4.73. The number of piperidine rings is 1. The molecule has 1 aliphatic heterocycles. The molecule has 2 N–H and O–H groups in total. The van der Waals surface area contributed by atoms with Crippen LogP contribution in [0.15, 0.2) is 30.3 Å². The van der Waals surface area contributed by atoms with Crippen LogP contribution in [-0.2, 0) is 20.9 Å². The van der Waals surface area contributed by atoms with Crippen molar-refractivity contribution in [1.82, 2.24) is 20.4 Å². The van der Waals surface area contributed by atoms with Crippen molar-refractivity contribution in [2.45, 2.75) is 83.5 Å². The van der Waals surface area contributed by atoms with E-state index in [0.717, 1.165) is 38.2 Å². The number of carbonyl (C=O) groups excluding carboxylic acids is 3. The van der Waals surface area contributed by atoms with Crippen LogP contribution in [0.25, 0.3) is 0 Å². The topological polar surface area (TPSA) is 91.0 Å². The van der Waals surface area contributed by atoms with Crippen LogP contribution in [0.2, 0.25) is 0 Å². The third-order valence-corrected chi connectivity index (χ3v) is 9.06. The Kier molecular flexibility index (Phi) is 13.5. The highest BCUT2D eigenvalue weighted by Crippen LogP contribution is 2.28. The summed E-state index contributed by atoms with van der Waals surface area (Å²) in [6.45, 7) is 8.02. The molecule has 8 nitrogen and oxygen atoms in total. The number of hydrogen-bond acceptors (Lipinski definition) is 7. The number of carbonyl (C=O) groups is 3. The number of benzene rings is 1. The van der Waals surface area contributed by atoms with Crippen LogP contribution in [0, 0.1) is 5.92 Å². The minimum absolute atomic E-state index is 0.0912. The van der Waals surface area contributed by atoms with Crippen LogP contribution < -0.4 is 10.6 Å². The molecule has 1 aromatic carbocycles. The number of rotatable bonds is 13. The average Bonchev–Trinajstić information content (AvgIpc) is 3.42. The van der Waals surface area contributed by atoms with Crippen molar-refractivity contribution in [3.63, 3.8) is 0 Å². The molecule has 3 amide bonds. The quantitative estimate of drug-likeness (QED) is 0.320. The largest absolute Gasteiger partial charge is 0.444 e. The minimum Gasteiger partial charge on any atom is -0.444 e. The van der Waals surface area contributed by atoms with Gasteiger partial charge in [0.1, 0.15) is 18.2 Å². The Morgan fingerprint density at radius 1 is 1.07 bits per heavy atom. The Bertz CT molecular complexity index is 929. The second-order valence-corrected chi connectivity index (χ2v) is 13.9. The van der Waals surface area contributed by atoms with Crippen molar-refractivity contribution in [3.8, 4) is 0 Å². The fourth-order valence-electron chi connectivity index (χ4n) is 5.15. The Morgan fingerprint density at radius 3 is 2.38 bits per heavy atom. The molecule has 1 aromatic rings. The van der Waals surface area contributed by atoms with Gasteiger partial charge in [0.2, 0.25) is 11.8 Å². The Morgan fingerprint density at radius 2 is 1.75 bits per heavy atom. The smallest absolute Gasteiger partial charge is 0.411 e. The van der Waals surface area contributed by atoms with Crippen LogP contribution in [-0.4, -0.2) is 88.7 Å². The molecule has 40 heavy (non-hydrogen) atoms. The standard InChI is InChI=1S/C30H48N4O4S2/c1-30(2,3)38-29(37)34(22-39-4)19-27(35)32-26(21-40-20-24-12-8-9-13-24)28(36)31-25-14-16-33(17-15-25)18-23-10-6-5-7-11-23/h5-7,10-11,24-26H,8-9,12-22H2,1-4H3,(H,31,36)(H,32,35). The summed E-state index contributed by atoms with van der Waals surface area (Å²) in [5.74, 6) is 2.07. The van der Waals surface area contributed by atoms with Gasteiger partial charge in [-0.2, -0.15) is 11.8 Å². The Hall–Kier alpha value is -1.91. The van der Waals surface area contributed by atoms with Gasteiger partial charge in [0.05, 0.1) is 5.88 Å². The van der Waals surface area contributed by atoms with Crippen molar-refractivity contribution in [1.29, 1.82) is 0 Å². The van der Waals surface area contributed by atoms with E-state index < -0.39 is 17.7 Å². The fraction of sp³-hybridized carbons (Fsp3) is 0.700. The van der Waals surface area contributed by atoms with Gasteiger partial charge in [-0.15, -0.1) is 11.8 Å². The maximum Gasteiger partial charge on any atom is 0.411 e. The van der Waals surface area contributed by atoms with Gasteiger partial charge in [0.15, 0.2) is 0 Å². The Balaban J connectivity index is 1.54. The van der Waals surface area contributed by atoms with E-state index in [1.807, 2.05) is 12.3 Å². The van der Waals surface area contributed by atoms with E-state index in [1.165, 1.54) is 47.9 Å². The van der Waals surface area contributed by atoms with Crippen molar-refractivity contribution in [3.05, 3.63) is 35.9 Å². The van der Waals surface area contributed by atoms with Crippen LogP contribution in [0.4, 0.5) is 4.79 Å². The first-order chi connectivity index (χ1) is 19.1. The first-order valence-electron chi connectivity index (χ1n) is 14.5. The molecule has 0 radical (unpaired) electrons. The molecule has 224 valence electrons. The van der Waals surface area contributed by atoms with E-state index in [9.17, 15) is 14.4 Å². The Labute approximate surface area is 249 Å². The lowest BCUT2D eigenvalue weighted by Gasteiger charge is -2.33. The van der Waals surface area contributed by atoms with E-state index in [0.29, 0.717) is 17.5 Å². The van der Waals surface area contributed by atoms with Crippen LogP contribution in [0.3, 0.4) is 0 Å².